The fourth-order valence-electron chi connectivity index (χ4n) is 2.61. The largest absolute Gasteiger partial charge is 0.323 e. The number of hydrogen-bond acceptors (Lipinski definition) is 2. The normalized spacial score (nSPS) is 24.9. The van der Waals surface area contributed by atoms with Crippen LogP contribution in [0.1, 0.15) is 24.4 Å². The quantitative estimate of drug-likeness (QED) is 0.809. The monoisotopic (exact) mass is 202 g/mol. The first-order valence-electron chi connectivity index (χ1n) is 5.80. The van der Waals surface area contributed by atoms with Gasteiger partial charge in [-0.1, -0.05) is 30.3 Å². The predicted molar refractivity (Wildman–Crippen MR) is 61.5 cm³/mol. The summed E-state index contributed by atoms with van der Waals surface area (Å²) in [5, 5.41) is 0. The average Bonchev–Trinajstić information content (AvgIpc) is 2.99. The molecular formula is C13H18N2. The Morgan fingerprint density at radius 3 is 2.47 bits per heavy atom. The summed E-state index contributed by atoms with van der Waals surface area (Å²) >= 11 is 0. The molecule has 1 aromatic carbocycles. The molecule has 1 aliphatic carbocycles. The van der Waals surface area contributed by atoms with Crippen LogP contribution in [0.25, 0.3) is 0 Å². The van der Waals surface area contributed by atoms with Crippen molar-refractivity contribution in [1.82, 2.24) is 4.90 Å². The zero-order valence-corrected chi connectivity index (χ0v) is 9.02. The van der Waals surface area contributed by atoms with E-state index in [4.69, 9.17) is 5.73 Å². The molecule has 0 radical (unpaired) electrons. The third kappa shape index (κ3) is 1.80. The van der Waals surface area contributed by atoms with Crippen molar-refractivity contribution in [1.29, 1.82) is 0 Å². The van der Waals surface area contributed by atoms with Crippen molar-refractivity contribution < 1.29 is 0 Å². The molecule has 1 spiro atoms. The van der Waals surface area contributed by atoms with Gasteiger partial charge >= 0.3 is 0 Å². The van der Waals surface area contributed by atoms with Gasteiger partial charge in [0.2, 0.25) is 0 Å². The highest BCUT2D eigenvalue weighted by molar-refractivity contribution is 5.19. The molecule has 2 fully saturated rings. The Morgan fingerprint density at radius 2 is 1.87 bits per heavy atom. The Morgan fingerprint density at radius 1 is 1.20 bits per heavy atom. The molecule has 1 saturated heterocycles. The van der Waals surface area contributed by atoms with Gasteiger partial charge in [0, 0.05) is 25.7 Å². The smallest absolute Gasteiger partial charge is 0.0424 e. The summed E-state index contributed by atoms with van der Waals surface area (Å²) in [4.78, 5) is 2.49. The molecule has 1 unspecified atom stereocenters. The fourth-order valence-corrected chi connectivity index (χ4v) is 2.61. The van der Waals surface area contributed by atoms with Crippen molar-refractivity contribution in [3.63, 3.8) is 0 Å². The van der Waals surface area contributed by atoms with E-state index < -0.39 is 0 Å². The minimum Gasteiger partial charge on any atom is -0.323 e. The maximum Gasteiger partial charge on any atom is 0.0424 e. The van der Waals surface area contributed by atoms with Gasteiger partial charge in [-0.05, 0) is 23.8 Å². The highest BCUT2D eigenvalue weighted by Gasteiger charge is 2.52. The van der Waals surface area contributed by atoms with Crippen molar-refractivity contribution >= 4 is 0 Å². The van der Waals surface area contributed by atoms with E-state index in [-0.39, 0.29) is 6.04 Å². The lowest BCUT2D eigenvalue weighted by molar-refractivity contribution is 0.0753. The van der Waals surface area contributed by atoms with Gasteiger partial charge in [0.15, 0.2) is 0 Å². The Labute approximate surface area is 91.1 Å². The van der Waals surface area contributed by atoms with E-state index in [1.165, 1.54) is 31.5 Å². The molecule has 1 aromatic rings. The molecule has 2 N–H and O–H groups in total. The van der Waals surface area contributed by atoms with E-state index in [2.05, 4.69) is 29.2 Å². The van der Waals surface area contributed by atoms with Crippen LogP contribution in [0.15, 0.2) is 30.3 Å². The minimum atomic E-state index is 0.183. The maximum atomic E-state index is 6.17. The van der Waals surface area contributed by atoms with Crippen LogP contribution >= 0.6 is 0 Å². The van der Waals surface area contributed by atoms with Gasteiger partial charge in [0.1, 0.15) is 0 Å². The molecule has 2 nitrogen and oxygen atoms in total. The van der Waals surface area contributed by atoms with Gasteiger partial charge in [-0.15, -0.1) is 0 Å². The second kappa shape index (κ2) is 3.32. The van der Waals surface area contributed by atoms with Crippen LogP contribution in [0.2, 0.25) is 0 Å². The second-order valence-electron chi connectivity index (χ2n) is 5.19. The summed E-state index contributed by atoms with van der Waals surface area (Å²) < 4.78 is 0. The summed E-state index contributed by atoms with van der Waals surface area (Å²) in [6.07, 6.45) is 2.90. The third-order valence-electron chi connectivity index (χ3n) is 3.76. The topological polar surface area (TPSA) is 29.3 Å². The molecule has 1 aliphatic heterocycles. The molecule has 1 saturated carbocycles. The first-order chi connectivity index (χ1) is 7.27. The average molecular weight is 202 g/mol. The summed E-state index contributed by atoms with van der Waals surface area (Å²) in [5.74, 6) is 0. The molecule has 1 heterocycles. The van der Waals surface area contributed by atoms with Crippen LogP contribution in [0.5, 0.6) is 0 Å². The van der Waals surface area contributed by atoms with Crippen LogP contribution < -0.4 is 5.73 Å². The maximum absolute atomic E-state index is 6.17. The van der Waals surface area contributed by atoms with Gasteiger partial charge in [0.25, 0.3) is 0 Å². The van der Waals surface area contributed by atoms with Gasteiger partial charge in [0.05, 0.1) is 0 Å². The fraction of sp³-hybridized carbons (Fsp3) is 0.538. The summed E-state index contributed by atoms with van der Waals surface area (Å²) in [6, 6.07) is 10.6. The summed E-state index contributed by atoms with van der Waals surface area (Å²) in [6.45, 7) is 3.59. The summed E-state index contributed by atoms with van der Waals surface area (Å²) in [5.41, 5.74) is 8.18. The van der Waals surface area contributed by atoms with E-state index in [0.717, 1.165) is 12.0 Å². The number of rotatable bonds is 3. The summed E-state index contributed by atoms with van der Waals surface area (Å²) in [7, 11) is 0. The molecular weight excluding hydrogens is 184 g/mol. The van der Waals surface area contributed by atoms with E-state index in [0.29, 0.717) is 0 Å². The van der Waals surface area contributed by atoms with Crippen molar-refractivity contribution in [3.05, 3.63) is 35.9 Å². The Bertz CT molecular complexity index is 335. The van der Waals surface area contributed by atoms with E-state index in [1.54, 1.807) is 0 Å². The van der Waals surface area contributed by atoms with Gasteiger partial charge in [-0.25, -0.2) is 0 Å². The third-order valence-corrected chi connectivity index (χ3v) is 3.76. The van der Waals surface area contributed by atoms with Crippen molar-refractivity contribution in [2.45, 2.75) is 18.9 Å². The number of nitrogens with zero attached hydrogens (tertiary/aromatic N) is 1. The van der Waals surface area contributed by atoms with E-state index in [1.807, 2.05) is 6.07 Å². The lowest BCUT2D eigenvalue weighted by Gasteiger charge is -2.41. The Hall–Kier alpha value is -0.860. The van der Waals surface area contributed by atoms with E-state index in [9.17, 15) is 0 Å². The van der Waals surface area contributed by atoms with Crippen molar-refractivity contribution in [2.24, 2.45) is 11.1 Å². The first kappa shape index (κ1) is 9.37. The standard InChI is InChI=1S/C13H18N2/c14-12(11-4-2-1-3-5-11)8-15-9-13(10-15)6-7-13/h1-5,12H,6-10,14H2. The number of benzene rings is 1. The second-order valence-corrected chi connectivity index (χ2v) is 5.19. The molecule has 0 bridgehead atoms. The highest BCUT2D eigenvalue weighted by atomic mass is 15.2. The molecule has 2 aliphatic rings. The molecule has 3 rings (SSSR count). The van der Waals surface area contributed by atoms with Gasteiger partial charge in [-0.3, -0.25) is 0 Å². The van der Waals surface area contributed by atoms with Crippen molar-refractivity contribution in [3.8, 4) is 0 Å². The lowest BCUT2D eigenvalue weighted by Crippen LogP contribution is -2.50. The van der Waals surface area contributed by atoms with Gasteiger partial charge in [-0.2, -0.15) is 0 Å². The van der Waals surface area contributed by atoms with Gasteiger partial charge < -0.3 is 10.6 Å². The molecule has 0 amide bonds. The predicted octanol–water partition coefficient (Wildman–Crippen LogP) is 1.78. The van der Waals surface area contributed by atoms with Crippen molar-refractivity contribution in [2.75, 3.05) is 19.6 Å². The Kier molecular flexibility index (Phi) is 2.08. The zero-order chi connectivity index (χ0) is 10.3. The molecule has 80 valence electrons. The first-order valence-corrected chi connectivity index (χ1v) is 5.80. The van der Waals surface area contributed by atoms with Crippen LogP contribution in [0.3, 0.4) is 0 Å². The van der Waals surface area contributed by atoms with Crippen LogP contribution in [0, 0.1) is 5.41 Å². The number of hydrogen-bond donors (Lipinski definition) is 1. The Balaban J connectivity index is 1.55. The number of likely N-dealkylation sites (tertiary alicyclic amines) is 1. The van der Waals surface area contributed by atoms with Crippen LogP contribution in [-0.2, 0) is 0 Å². The highest BCUT2D eigenvalue weighted by Crippen LogP contribution is 2.52. The lowest BCUT2D eigenvalue weighted by atomic mass is 9.95. The molecule has 1 atom stereocenters. The van der Waals surface area contributed by atoms with Crippen LogP contribution in [0.4, 0.5) is 0 Å². The number of nitrogens with two attached hydrogens (primary N) is 1. The molecule has 0 aromatic heterocycles. The molecule has 15 heavy (non-hydrogen) atoms. The van der Waals surface area contributed by atoms with E-state index >= 15 is 0 Å². The van der Waals surface area contributed by atoms with Crippen LogP contribution in [-0.4, -0.2) is 24.5 Å². The zero-order valence-electron chi connectivity index (χ0n) is 9.02. The SMILES string of the molecule is NC(CN1CC2(CC2)C1)c1ccccc1. The minimum absolute atomic E-state index is 0.183. The molecule has 2 heteroatoms.